The average Bonchev–Trinajstić information content (AvgIpc) is 2.99. The Kier molecular flexibility index (Phi) is 3.56. The van der Waals surface area contributed by atoms with Gasteiger partial charge in [0.25, 0.3) is 0 Å². The highest BCUT2D eigenvalue weighted by Crippen LogP contribution is 2.37. The highest BCUT2D eigenvalue weighted by molar-refractivity contribution is 5.40. The smallest absolute Gasteiger partial charge is 0.183 e. The van der Waals surface area contributed by atoms with Crippen molar-refractivity contribution in [3.05, 3.63) is 65.0 Å². The summed E-state index contributed by atoms with van der Waals surface area (Å²) in [6.07, 6.45) is 0.854. The molecule has 1 unspecified atom stereocenters. The van der Waals surface area contributed by atoms with E-state index in [1.807, 2.05) is 30.3 Å². The molecular formula is C18H17FO3. The predicted octanol–water partition coefficient (Wildman–Crippen LogP) is 3.94. The highest BCUT2D eigenvalue weighted by atomic mass is 19.1. The summed E-state index contributed by atoms with van der Waals surface area (Å²) in [7, 11) is 0. The summed E-state index contributed by atoms with van der Waals surface area (Å²) in [5.74, 6) is 0.572. The minimum atomic E-state index is -0.459. The fourth-order valence-corrected chi connectivity index (χ4v) is 2.99. The maximum absolute atomic E-state index is 14.5. The molecular weight excluding hydrogens is 283 g/mol. The molecule has 0 bridgehead atoms. The van der Waals surface area contributed by atoms with E-state index in [-0.39, 0.29) is 11.9 Å². The van der Waals surface area contributed by atoms with Crippen LogP contribution in [0.3, 0.4) is 0 Å². The molecule has 0 N–H and O–H groups in total. The molecule has 0 saturated carbocycles. The van der Waals surface area contributed by atoms with E-state index in [9.17, 15) is 4.39 Å². The summed E-state index contributed by atoms with van der Waals surface area (Å²) in [4.78, 5) is 0. The Hall–Kier alpha value is -1.91. The summed E-state index contributed by atoms with van der Waals surface area (Å²) in [5, 5.41) is 0. The van der Waals surface area contributed by atoms with Gasteiger partial charge in [0.1, 0.15) is 17.7 Å². The zero-order valence-corrected chi connectivity index (χ0v) is 12.1. The molecule has 0 aliphatic carbocycles. The van der Waals surface area contributed by atoms with Gasteiger partial charge < -0.3 is 14.2 Å². The van der Waals surface area contributed by atoms with E-state index < -0.39 is 6.29 Å². The second-order valence-electron chi connectivity index (χ2n) is 5.63. The van der Waals surface area contributed by atoms with Gasteiger partial charge >= 0.3 is 0 Å². The van der Waals surface area contributed by atoms with Gasteiger partial charge in [0.2, 0.25) is 0 Å². The lowest BCUT2D eigenvalue weighted by molar-refractivity contribution is -0.183. The molecule has 4 heteroatoms. The summed E-state index contributed by atoms with van der Waals surface area (Å²) in [5.41, 5.74) is 2.42. The summed E-state index contributed by atoms with van der Waals surface area (Å²) >= 11 is 0. The Balaban J connectivity index is 1.56. The molecule has 0 aromatic heterocycles. The zero-order valence-electron chi connectivity index (χ0n) is 12.1. The fraction of sp³-hybridized carbons (Fsp3) is 0.333. The Labute approximate surface area is 128 Å². The number of para-hydroxylation sites is 1. The highest BCUT2D eigenvalue weighted by Gasteiger charge is 2.27. The van der Waals surface area contributed by atoms with Crippen molar-refractivity contribution in [1.29, 1.82) is 0 Å². The van der Waals surface area contributed by atoms with Crippen LogP contribution in [0, 0.1) is 5.82 Å². The molecule has 2 aromatic rings. The first kappa shape index (κ1) is 13.7. The molecule has 1 atom stereocenters. The number of halogens is 1. The minimum absolute atomic E-state index is 0.264. The van der Waals surface area contributed by atoms with E-state index in [0.717, 1.165) is 23.3 Å². The van der Waals surface area contributed by atoms with Gasteiger partial charge in [-0.25, -0.2) is 4.39 Å². The standard InChI is InChI=1S/C18H17FO3/c19-15-10-13(18-20-8-3-9-21-18)6-7-14(15)17-11-12-4-1-2-5-16(12)22-17/h1-2,4-7,10,17-18H,3,8-9,11H2. The number of benzene rings is 2. The zero-order chi connectivity index (χ0) is 14.9. The fourth-order valence-electron chi connectivity index (χ4n) is 2.99. The number of fused-ring (bicyclic) bond motifs is 1. The van der Waals surface area contributed by atoms with Crippen LogP contribution in [0.2, 0.25) is 0 Å². The van der Waals surface area contributed by atoms with Crippen molar-refractivity contribution >= 4 is 0 Å². The van der Waals surface area contributed by atoms with Crippen molar-refractivity contribution in [3.8, 4) is 5.75 Å². The monoisotopic (exact) mass is 300 g/mol. The third-order valence-electron chi connectivity index (χ3n) is 4.12. The first-order valence-corrected chi connectivity index (χ1v) is 7.58. The second kappa shape index (κ2) is 5.71. The van der Waals surface area contributed by atoms with Crippen molar-refractivity contribution in [3.63, 3.8) is 0 Å². The quantitative estimate of drug-likeness (QED) is 0.841. The first-order valence-electron chi connectivity index (χ1n) is 7.58. The minimum Gasteiger partial charge on any atom is -0.485 e. The van der Waals surface area contributed by atoms with Crippen LogP contribution >= 0.6 is 0 Å². The van der Waals surface area contributed by atoms with E-state index in [1.54, 1.807) is 6.07 Å². The van der Waals surface area contributed by atoms with Gasteiger partial charge in [0.05, 0.1) is 13.2 Å². The van der Waals surface area contributed by atoms with Crippen LogP contribution in [-0.4, -0.2) is 13.2 Å². The van der Waals surface area contributed by atoms with Crippen LogP contribution in [0.15, 0.2) is 42.5 Å². The van der Waals surface area contributed by atoms with Gasteiger partial charge in [0.15, 0.2) is 6.29 Å². The Morgan fingerprint density at radius 2 is 1.82 bits per heavy atom. The predicted molar refractivity (Wildman–Crippen MR) is 79.2 cm³/mol. The molecule has 4 rings (SSSR count). The number of hydrogen-bond donors (Lipinski definition) is 0. The molecule has 114 valence electrons. The largest absolute Gasteiger partial charge is 0.485 e. The van der Waals surface area contributed by atoms with Crippen molar-refractivity contribution in [2.75, 3.05) is 13.2 Å². The van der Waals surface area contributed by atoms with Crippen LogP contribution < -0.4 is 4.74 Å². The van der Waals surface area contributed by atoms with Crippen LogP contribution in [0.1, 0.15) is 35.5 Å². The van der Waals surface area contributed by atoms with Crippen LogP contribution in [-0.2, 0) is 15.9 Å². The maximum atomic E-state index is 14.5. The van der Waals surface area contributed by atoms with Crippen molar-refractivity contribution < 1.29 is 18.6 Å². The Bertz CT molecular complexity index is 655. The summed E-state index contributed by atoms with van der Waals surface area (Å²) in [6.45, 7) is 1.30. The molecule has 1 saturated heterocycles. The molecule has 0 amide bonds. The topological polar surface area (TPSA) is 27.7 Å². The molecule has 0 spiro atoms. The van der Waals surface area contributed by atoms with Gasteiger partial charge in [-0.3, -0.25) is 0 Å². The maximum Gasteiger partial charge on any atom is 0.183 e. The normalized spacial score (nSPS) is 21.4. The Morgan fingerprint density at radius 3 is 2.59 bits per heavy atom. The molecule has 2 aliphatic rings. The number of rotatable bonds is 2. The van der Waals surface area contributed by atoms with Crippen LogP contribution in [0.5, 0.6) is 5.75 Å². The van der Waals surface area contributed by atoms with E-state index in [0.29, 0.717) is 25.2 Å². The van der Waals surface area contributed by atoms with Gasteiger partial charge in [-0.2, -0.15) is 0 Å². The molecule has 2 heterocycles. The first-order chi connectivity index (χ1) is 10.8. The van der Waals surface area contributed by atoms with Crippen molar-refractivity contribution in [1.82, 2.24) is 0 Å². The van der Waals surface area contributed by atoms with E-state index in [2.05, 4.69) is 0 Å². The molecule has 0 radical (unpaired) electrons. The molecule has 2 aromatic carbocycles. The summed E-state index contributed by atoms with van der Waals surface area (Å²) in [6, 6.07) is 13.0. The van der Waals surface area contributed by atoms with E-state index >= 15 is 0 Å². The van der Waals surface area contributed by atoms with E-state index in [1.165, 1.54) is 6.07 Å². The van der Waals surface area contributed by atoms with Crippen molar-refractivity contribution in [2.24, 2.45) is 0 Å². The van der Waals surface area contributed by atoms with E-state index in [4.69, 9.17) is 14.2 Å². The van der Waals surface area contributed by atoms with Crippen molar-refractivity contribution in [2.45, 2.75) is 25.2 Å². The molecule has 22 heavy (non-hydrogen) atoms. The van der Waals surface area contributed by atoms with Gasteiger partial charge in [-0.1, -0.05) is 30.3 Å². The third-order valence-corrected chi connectivity index (χ3v) is 4.12. The molecule has 2 aliphatic heterocycles. The molecule has 3 nitrogen and oxygen atoms in total. The number of hydrogen-bond acceptors (Lipinski definition) is 3. The van der Waals surface area contributed by atoms with Crippen LogP contribution in [0.4, 0.5) is 4.39 Å². The lowest BCUT2D eigenvalue weighted by atomic mass is 10.0. The lowest BCUT2D eigenvalue weighted by Gasteiger charge is -2.24. The molecule has 1 fully saturated rings. The van der Waals surface area contributed by atoms with Gasteiger partial charge in [-0.15, -0.1) is 0 Å². The van der Waals surface area contributed by atoms with Gasteiger partial charge in [0, 0.05) is 17.5 Å². The number of ether oxygens (including phenoxy) is 3. The lowest BCUT2D eigenvalue weighted by Crippen LogP contribution is -2.18. The third kappa shape index (κ3) is 2.49. The van der Waals surface area contributed by atoms with Gasteiger partial charge in [-0.05, 0) is 24.1 Å². The Morgan fingerprint density at radius 1 is 1.00 bits per heavy atom. The van der Waals surface area contributed by atoms with Crippen LogP contribution in [0.25, 0.3) is 0 Å². The second-order valence-corrected chi connectivity index (χ2v) is 5.63. The average molecular weight is 300 g/mol. The summed E-state index contributed by atoms with van der Waals surface area (Å²) < 4.78 is 31.4. The SMILES string of the molecule is Fc1cc(C2OCCCO2)ccc1C1Cc2ccccc2O1.